The van der Waals surface area contributed by atoms with E-state index in [2.05, 4.69) is 17.3 Å². The molecule has 2 rings (SSSR count). The Morgan fingerprint density at radius 2 is 1.89 bits per heavy atom. The van der Waals surface area contributed by atoms with Crippen molar-refractivity contribution in [2.24, 2.45) is 5.73 Å². The first-order valence-electron chi connectivity index (χ1n) is 7.85. The lowest BCUT2D eigenvalue weighted by Crippen LogP contribution is -2.44. The minimum absolute atomic E-state index is 0.129. The molecule has 4 nitrogen and oxygen atoms in total. The summed E-state index contributed by atoms with van der Waals surface area (Å²) in [5.74, 6) is 0.129. The van der Waals surface area contributed by atoms with Crippen LogP contribution in [0.4, 0.5) is 0 Å². The summed E-state index contributed by atoms with van der Waals surface area (Å²) in [6, 6.07) is 0.729. The molecule has 0 atom stereocenters. The maximum absolute atomic E-state index is 11.9. The van der Waals surface area contributed by atoms with Crippen LogP contribution in [0.2, 0.25) is 0 Å². The molecule has 110 valence electrons. The molecule has 2 aliphatic carbocycles. The zero-order valence-electron chi connectivity index (χ0n) is 12.3. The highest BCUT2D eigenvalue weighted by Gasteiger charge is 2.31. The number of rotatable bonds is 6. The fourth-order valence-corrected chi connectivity index (χ4v) is 3.54. The van der Waals surface area contributed by atoms with Crippen molar-refractivity contribution in [1.29, 1.82) is 0 Å². The number of nitrogens with two attached hydrogens (primary N) is 1. The summed E-state index contributed by atoms with van der Waals surface area (Å²) in [5.41, 5.74) is 6.00. The van der Waals surface area contributed by atoms with E-state index in [1.165, 1.54) is 38.5 Å². The van der Waals surface area contributed by atoms with Crippen molar-refractivity contribution in [2.75, 3.05) is 20.1 Å². The van der Waals surface area contributed by atoms with Crippen LogP contribution in [-0.4, -0.2) is 42.5 Å². The Bertz CT molecular complexity index is 294. The van der Waals surface area contributed by atoms with Gasteiger partial charge in [0, 0.05) is 31.1 Å². The van der Waals surface area contributed by atoms with Crippen LogP contribution in [0.3, 0.4) is 0 Å². The van der Waals surface area contributed by atoms with Gasteiger partial charge in [-0.25, -0.2) is 0 Å². The van der Waals surface area contributed by atoms with Crippen molar-refractivity contribution >= 4 is 5.91 Å². The van der Waals surface area contributed by atoms with Gasteiger partial charge < -0.3 is 16.0 Å². The summed E-state index contributed by atoms with van der Waals surface area (Å²) in [4.78, 5) is 14.3. The number of amides is 1. The van der Waals surface area contributed by atoms with Gasteiger partial charge in [0.25, 0.3) is 0 Å². The molecule has 3 N–H and O–H groups in total. The van der Waals surface area contributed by atoms with Gasteiger partial charge >= 0.3 is 0 Å². The quantitative estimate of drug-likeness (QED) is 0.769. The Hall–Kier alpha value is -0.610. The standard InChI is InChI=1S/C15H29N3O/c1-18(13-6-2-3-7-13)11-10-17-14(19)12-15(16)8-4-5-9-15/h13H,2-12,16H2,1H3,(H,17,19). The number of likely N-dealkylation sites (N-methyl/N-ethyl adjacent to an activating group) is 1. The molecule has 2 saturated carbocycles. The van der Waals surface area contributed by atoms with E-state index in [9.17, 15) is 4.79 Å². The van der Waals surface area contributed by atoms with Gasteiger partial charge in [-0.3, -0.25) is 4.79 Å². The minimum atomic E-state index is -0.221. The highest BCUT2D eigenvalue weighted by Crippen LogP contribution is 2.29. The fourth-order valence-electron chi connectivity index (χ4n) is 3.54. The van der Waals surface area contributed by atoms with Crippen LogP contribution < -0.4 is 11.1 Å². The molecule has 0 saturated heterocycles. The second-order valence-electron chi connectivity index (χ2n) is 6.52. The fraction of sp³-hybridized carbons (Fsp3) is 0.933. The van der Waals surface area contributed by atoms with Crippen molar-refractivity contribution in [3.05, 3.63) is 0 Å². The predicted molar refractivity (Wildman–Crippen MR) is 77.9 cm³/mol. The first kappa shape index (κ1) is 14.8. The van der Waals surface area contributed by atoms with Crippen LogP contribution in [0.15, 0.2) is 0 Å². The Morgan fingerprint density at radius 3 is 2.53 bits per heavy atom. The van der Waals surface area contributed by atoms with Crippen LogP contribution >= 0.6 is 0 Å². The van der Waals surface area contributed by atoms with E-state index in [0.29, 0.717) is 6.42 Å². The van der Waals surface area contributed by atoms with Crippen LogP contribution in [0.1, 0.15) is 57.8 Å². The molecule has 1 amide bonds. The molecule has 0 aromatic heterocycles. The highest BCUT2D eigenvalue weighted by atomic mass is 16.1. The van der Waals surface area contributed by atoms with Crippen LogP contribution in [0, 0.1) is 0 Å². The molecule has 0 aromatic rings. The molecule has 2 aliphatic rings. The Kier molecular flexibility index (Phi) is 5.22. The molecule has 19 heavy (non-hydrogen) atoms. The third-order valence-electron chi connectivity index (χ3n) is 4.85. The number of hydrogen-bond donors (Lipinski definition) is 2. The Balaban J connectivity index is 1.60. The van der Waals surface area contributed by atoms with E-state index in [1.807, 2.05) is 0 Å². The van der Waals surface area contributed by atoms with Gasteiger partial charge in [-0.05, 0) is 32.7 Å². The van der Waals surface area contributed by atoms with Gasteiger partial charge in [-0.2, -0.15) is 0 Å². The molecule has 0 radical (unpaired) electrons. The summed E-state index contributed by atoms with van der Waals surface area (Å²) in [6.45, 7) is 1.70. The third kappa shape index (κ3) is 4.46. The molecule has 2 fully saturated rings. The first-order valence-corrected chi connectivity index (χ1v) is 7.85. The third-order valence-corrected chi connectivity index (χ3v) is 4.85. The zero-order chi connectivity index (χ0) is 13.7. The molecule has 0 aliphatic heterocycles. The molecule has 0 bridgehead atoms. The highest BCUT2D eigenvalue weighted by molar-refractivity contribution is 5.77. The summed E-state index contributed by atoms with van der Waals surface area (Å²) in [6.07, 6.45) is 10.2. The van der Waals surface area contributed by atoms with Crippen molar-refractivity contribution in [3.8, 4) is 0 Å². The monoisotopic (exact) mass is 267 g/mol. The van der Waals surface area contributed by atoms with E-state index >= 15 is 0 Å². The van der Waals surface area contributed by atoms with E-state index < -0.39 is 0 Å². The average Bonchev–Trinajstić information content (AvgIpc) is 3.00. The molecule has 4 heteroatoms. The maximum Gasteiger partial charge on any atom is 0.221 e. The second-order valence-corrected chi connectivity index (χ2v) is 6.52. The van der Waals surface area contributed by atoms with Gasteiger partial charge in [-0.15, -0.1) is 0 Å². The van der Waals surface area contributed by atoms with E-state index in [-0.39, 0.29) is 11.4 Å². The predicted octanol–water partition coefficient (Wildman–Crippen LogP) is 1.64. The van der Waals surface area contributed by atoms with Crippen molar-refractivity contribution < 1.29 is 4.79 Å². The van der Waals surface area contributed by atoms with Crippen LogP contribution in [0.5, 0.6) is 0 Å². The summed E-state index contributed by atoms with van der Waals surface area (Å²) < 4.78 is 0. The smallest absolute Gasteiger partial charge is 0.221 e. The summed E-state index contributed by atoms with van der Waals surface area (Å²) in [5, 5.41) is 3.03. The van der Waals surface area contributed by atoms with Crippen LogP contribution in [0.25, 0.3) is 0 Å². The Morgan fingerprint density at radius 1 is 1.26 bits per heavy atom. The maximum atomic E-state index is 11.9. The number of carbonyl (C=O) groups excluding carboxylic acids is 1. The first-order chi connectivity index (χ1) is 9.09. The largest absolute Gasteiger partial charge is 0.355 e. The van der Waals surface area contributed by atoms with Gasteiger partial charge in [0.05, 0.1) is 0 Å². The van der Waals surface area contributed by atoms with Gasteiger partial charge in [0.15, 0.2) is 0 Å². The van der Waals surface area contributed by atoms with Gasteiger partial charge in [-0.1, -0.05) is 25.7 Å². The average molecular weight is 267 g/mol. The number of hydrogen-bond acceptors (Lipinski definition) is 3. The van der Waals surface area contributed by atoms with E-state index in [1.54, 1.807) is 0 Å². The topological polar surface area (TPSA) is 58.4 Å². The lowest BCUT2D eigenvalue weighted by molar-refractivity contribution is -0.122. The zero-order valence-corrected chi connectivity index (χ0v) is 12.3. The number of nitrogens with one attached hydrogen (secondary N) is 1. The van der Waals surface area contributed by atoms with Crippen LogP contribution in [-0.2, 0) is 4.79 Å². The lowest BCUT2D eigenvalue weighted by atomic mass is 9.94. The van der Waals surface area contributed by atoms with Crippen molar-refractivity contribution in [3.63, 3.8) is 0 Å². The molecular formula is C15H29N3O. The molecule has 0 aromatic carbocycles. The second kappa shape index (κ2) is 6.71. The SMILES string of the molecule is CN(CCNC(=O)CC1(N)CCCC1)C1CCCC1. The van der Waals surface area contributed by atoms with Crippen molar-refractivity contribution in [1.82, 2.24) is 10.2 Å². The number of nitrogens with zero attached hydrogens (tertiary/aromatic N) is 1. The van der Waals surface area contributed by atoms with E-state index in [4.69, 9.17) is 5.73 Å². The lowest BCUT2D eigenvalue weighted by Gasteiger charge is -2.25. The Labute approximate surface area is 117 Å². The van der Waals surface area contributed by atoms with Gasteiger partial charge in [0.1, 0.15) is 0 Å². The molecule has 0 heterocycles. The normalized spacial score (nSPS) is 23.1. The van der Waals surface area contributed by atoms with Gasteiger partial charge in [0.2, 0.25) is 5.91 Å². The molecule has 0 spiro atoms. The molecule has 0 unspecified atom stereocenters. The van der Waals surface area contributed by atoms with E-state index in [0.717, 1.165) is 32.0 Å². The summed E-state index contributed by atoms with van der Waals surface area (Å²) in [7, 11) is 2.17. The number of carbonyl (C=O) groups is 1. The summed E-state index contributed by atoms with van der Waals surface area (Å²) >= 11 is 0. The minimum Gasteiger partial charge on any atom is -0.355 e. The molecular weight excluding hydrogens is 238 g/mol. The van der Waals surface area contributed by atoms with Crippen molar-refractivity contribution in [2.45, 2.75) is 69.4 Å².